The van der Waals surface area contributed by atoms with Crippen LogP contribution in [0.25, 0.3) is 10.9 Å². The first-order valence-corrected chi connectivity index (χ1v) is 11.9. The third kappa shape index (κ3) is 4.49. The maximum atomic E-state index is 14.1. The second-order valence-electron chi connectivity index (χ2n) is 9.45. The Morgan fingerprint density at radius 1 is 1.06 bits per heavy atom. The van der Waals surface area contributed by atoms with Crippen LogP contribution in [0.3, 0.4) is 0 Å². The van der Waals surface area contributed by atoms with E-state index in [-0.39, 0.29) is 11.4 Å². The van der Waals surface area contributed by atoms with Gasteiger partial charge in [-0.2, -0.15) is 0 Å². The first-order valence-electron chi connectivity index (χ1n) is 11.9. The van der Waals surface area contributed by atoms with Crippen molar-refractivity contribution >= 4 is 16.8 Å². The lowest BCUT2D eigenvalue weighted by Crippen LogP contribution is -2.51. The molecule has 2 aromatic carbocycles. The lowest BCUT2D eigenvalue weighted by Gasteiger charge is -2.40. The summed E-state index contributed by atoms with van der Waals surface area (Å²) in [7, 11) is 0. The first kappa shape index (κ1) is 22.0. The van der Waals surface area contributed by atoms with E-state index in [9.17, 15) is 13.6 Å². The molecule has 1 aliphatic heterocycles. The maximum Gasteiger partial charge on any atom is 0.252 e. The monoisotopic (exact) mass is 449 g/mol. The van der Waals surface area contributed by atoms with Gasteiger partial charge in [0.25, 0.3) is 5.91 Å². The molecule has 1 aromatic heterocycles. The summed E-state index contributed by atoms with van der Waals surface area (Å²) in [5.41, 5.74) is 2.61. The van der Waals surface area contributed by atoms with Crippen LogP contribution in [0.2, 0.25) is 0 Å². The van der Waals surface area contributed by atoms with Gasteiger partial charge in [-0.15, -0.1) is 0 Å². The molecule has 1 saturated carbocycles. The molecule has 2 heterocycles. The van der Waals surface area contributed by atoms with Crippen molar-refractivity contribution in [1.82, 2.24) is 15.2 Å². The van der Waals surface area contributed by atoms with Crippen LogP contribution in [0.15, 0.2) is 48.7 Å². The lowest BCUT2D eigenvalue weighted by molar-refractivity contribution is 0.0842. The van der Waals surface area contributed by atoms with Crippen molar-refractivity contribution < 1.29 is 13.6 Å². The van der Waals surface area contributed by atoms with Crippen LogP contribution in [0, 0.1) is 11.6 Å². The fraction of sp³-hybridized carbons (Fsp3) is 0.407. The standard InChI is InChI=1S/C27H29F2N3O/c28-23-9-8-19-18-32(16-11-20(19)25(23)29)17-14-27(12-4-1-5-13-27)31-26(33)22-10-15-30-24-7-3-2-6-21(22)24/h2-3,6-10,15H,1,4-5,11-14,16-18H2,(H,31,33). The van der Waals surface area contributed by atoms with E-state index < -0.39 is 11.6 Å². The molecule has 1 N–H and O–H groups in total. The first-order chi connectivity index (χ1) is 16.0. The van der Waals surface area contributed by atoms with Gasteiger partial charge in [0, 0.05) is 36.8 Å². The maximum absolute atomic E-state index is 14.1. The summed E-state index contributed by atoms with van der Waals surface area (Å²) in [4.78, 5) is 20.1. The molecule has 5 rings (SSSR count). The zero-order valence-electron chi connectivity index (χ0n) is 18.7. The number of fused-ring (bicyclic) bond motifs is 2. The fourth-order valence-electron chi connectivity index (χ4n) is 5.47. The molecule has 2 aliphatic rings. The molecule has 172 valence electrons. The molecular formula is C27H29F2N3O. The predicted molar refractivity (Wildman–Crippen MR) is 125 cm³/mol. The van der Waals surface area contributed by atoms with Crippen molar-refractivity contribution in [3.63, 3.8) is 0 Å². The van der Waals surface area contributed by atoms with Crippen LogP contribution in [-0.2, 0) is 13.0 Å². The second kappa shape index (κ2) is 9.18. The number of carbonyl (C=O) groups excluding carboxylic acids is 1. The van der Waals surface area contributed by atoms with E-state index in [1.54, 1.807) is 18.3 Å². The number of amides is 1. The zero-order valence-corrected chi connectivity index (χ0v) is 18.7. The minimum atomic E-state index is -0.769. The van der Waals surface area contributed by atoms with Crippen molar-refractivity contribution in [2.45, 2.75) is 57.0 Å². The molecule has 3 aromatic rings. The predicted octanol–water partition coefficient (Wildman–Crippen LogP) is 5.39. The topological polar surface area (TPSA) is 45.2 Å². The summed E-state index contributed by atoms with van der Waals surface area (Å²) in [6, 6.07) is 12.4. The average molecular weight is 450 g/mol. The van der Waals surface area contributed by atoms with Crippen molar-refractivity contribution in [2.75, 3.05) is 13.1 Å². The molecule has 1 amide bonds. The van der Waals surface area contributed by atoms with Gasteiger partial charge in [0.15, 0.2) is 11.6 Å². The third-order valence-corrected chi connectivity index (χ3v) is 7.35. The summed E-state index contributed by atoms with van der Waals surface area (Å²) in [5.74, 6) is -1.51. The van der Waals surface area contributed by atoms with Gasteiger partial charge in [0.2, 0.25) is 0 Å². The molecule has 1 aliphatic carbocycles. The van der Waals surface area contributed by atoms with Gasteiger partial charge in [0.1, 0.15) is 0 Å². The van der Waals surface area contributed by atoms with E-state index in [1.165, 1.54) is 12.5 Å². The summed E-state index contributed by atoms with van der Waals surface area (Å²) in [5, 5.41) is 4.28. The number of aromatic nitrogens is 1. The summed E-state index contributed by atoms with van der Waals surface area (Å²) in [6.45, 7) is 2.13. The van der Waals surface area contributed by atoms with Gasteiger partial charge in [-0.05, 0) is 55.0 Å². The zero-order chi connectivity index (χ0) is 22.8. The van der Waals surface area contributed by atoms with Crippen LogP contribution < -0.4 is 5.32 Å². The molecule has 33 heavy (non-hydrogen) atoms. The van der Waals surface area contributed by atoms with Crippen LogP contribution in [0.5, 0.6) is 0 Å². The van der Waals surface area contributed by atoms with Gasteiger partial charge in [0.05, 0.1) is 11.1 Å². The van der Waals surface area contributed by atoms with Gasteiger partial charge in [-0.3, -0.25) is 14.7 Å². The SMILES string of the molecule is O=C(NC1(CCN2CCc3c(ccc(F)c3F)C2)CCCCC1)c1ccnc2ccccc12. The number of hydrogen-bond donors (Lipinski definition) is 1. The number of pyridine rings is 1. The van der Waals surface area contributed by atoms with Crippen molar-refractivity contribution in [3.8, 4) is 0 Å². The van der Waals surface area contributed by atoms with Crippen LogP contribution >= 0.6 is 0 Å². The number of carbonyl (C=O) groups is 1. The highest BCUT2D eigenvalue weighted by atomic mass is 19.2. The normalized spacial score (nSPS) is 18.1. The molecule has 0 unspecified atom stereocenters. The summed E-state index contributed by atoms with van der Waals surface area (Å²) in [6.07, 6.45) is 8.38. The molecule has 0 radical (unpaired) electrons. The van der Waals surface area contributed by atoms with Crippen LogP contribution in [-0.4, -0.2) is 34.4 Å². The average Bonchev–Trinajstić information content (AvgIpc) is 2.85. The highest BCUT2D eigenvalue weighted by Gasteiger charge is 2.35. The Hall–Kier alpha value is -2.86. The number of para-hydroxylation sites is 1. The smallest absolute Gasteiger partial charge is 0.252 e. The van der Waals surface area contributed by atoms with Crippen LogP contribution in [0.4, 0.5) is 8.78 Å². The van der Waals surface area contributed by atoms with E-state index >= 15 is 0 Å². The number of hydrogen-bond acceptors (Lipinski definition) is 3. The molecule has 0 spiro atoms. The molecular weight excluding hydrogens is 420 g/mol. The quantitative estimate of drug-likeness (QED) is 0.568. The molecule has 6 heteroatoms. The highest BCUT2D eigenvalue weighted by Crippen LogP contribution is 2.33. The fourth-order valence-corrected chi connectivity index (χ4v) is 5.47. The summed E-state index contributed by atoms with van der Waals surface area (Å²) >= 11 is 0. The van der Waals surface area contributed by atoms with E-state index in [4.69, 9.17) is 0 Å². The second-order valence-corrected chi connectivity index (χ2v) is 9.45. The van der Waals surface area contributed by atoms with Crippen molar-refractivity contribution in [3.05, 3.63) is 77.0 Å². The van der Waals surface area contributed by atoms with Gasteiger partial charge < -0.3 is 5.32 Å². The minimum Gasteiger partial charge on any atom is -0.347 e. The Balaban J connectivity index is 1.31. The Morgan fingerprint density at radius 3 is 2.73 bits per heavy atom. The Bertz CT molecular complexity index is 1170. The molecule has 1 fully saturated rings. The summed E-state index contributed by atoms with van der Waals surface area (Å²) < 4.78 is 27.7. The lowest BCUT2D eigenvalue weighted by atomic mass is 9.78. The van der Waals surface area contributed by atoms with E-state index in [1.807, 2.05) is 24.3 Å². The highest BCUT2D eigenvalue weighted by molar-refractivity contribution is 6.06. The minimum absolute atomic E-state index is 0.0444. The molecule has 4 nitrogen and oxygen atoms in total. The van der Waals surface area contributed by atoms with Crippen LogP contribution in [0.1, 0.15) is 60.0 Å². The number of halogens is 2. The third-order valence-electron chi connectivity index (χ3n) is 7.35. The Morgan fingerprint density at radius 2 is 1.88 bits per heavy atom. The Kier molecular flexibility index (Phi) is 6.11. The van der Waals surface area contributed by atoms with Gasteiger partial charge in [-0.25, -0.2) is 8.78 Å². The number of benzene rings is 2. The molecule has 0 saturated heterocycles. The number of rotatable bonds is 5. The van der Waals surface area contributed by atoms with E-state index in [2.05, 4.69) is 15.2 Å². The number of nitrogens with zero attached hydrogens (tertiary/aromatic N) is 2. The van der Waals surface area contributed by atoms with Crippen molar-refractivity contribution in [2.24, 2.45) is 0 Å². The van der Waals surface area contributed by atoms with Gasteiger partial charge in [-0.1, -0.05) is 43.5 Å². The largest absolute Gasteiger partial charge is 0.347 e. The number of nitrogens with one attached hydrogen (secondary N) is 1. The van der Waals surface area contributed by atoms with Gasteiger partial charge >= 0.3 is 0 Å². The Labute approximate surface area is 193 Å². The van der Waals surface area contributed by atoms with E-state index in [0.29, 0.717) is 30.6 Å². The van der Waals surface area contributed by atoms with E-state index in [0.717, 1.165) is 55.1 Å². The molecule has 0 bridgehead atoms. The molecule has 0 atom stereocenters. The van der Waals surface area contributed by atoms with Crippen molar-refractivity contribution in [1.29, 1.82) is 0 Å².